The molecule has 3 aromatic rings. The highest BCUT2D eigenvalue weighted by atomic mass is 35.5. The zero-order valence-corrected chi connectivity index (χ0v) is 16.0. The second-order valence-corrected chi connectivity index (χ2v) is 6.42. The van der Waals surface area contributed by atoms with E-state index in [9.17, 15) is 19.7 Å². The molecule has 0 spiro atoms. The molecule has 2 amide bonds. The summed E-state index contributed by atoms with van der Waals surface area (Å²) < 4.78 is 2.83. The number of rotatable bonds is 7. The molecule has 0 aliphatic rings. The van der Waals surface area contributed by atoms with Gasteiger partial charge in [0.15, 0.2) is 10.7 Å². The first-order chi connectivity index (χ1) is 13.8. The Balaban J connectivity index is 1.72. The third-order valence-corrected chi connectivity index (χ3v) is 4.27. The third-order valence-electron chi connectivity index (χ3n) is 4.00. The van der Waals surface area contributed by atoms with Gasteiger partial charge in [0.25, 0.3) is 11.8 Å². The van der Waals surface area contributed by atoms with Crippen LogP contribution in [0.25, 0.3) is 0 Å². The van der Waals surface area contributed by atoms with Gasteiger partial charge in [-0.2, -0.15) is 9.78 Å². The van der Waals surface area contributed by atoms with Crippen molar-refractivity contribution in [1.82, 2.24) is 19.6 Å². The molecule has 0 saturated heterocycles. The van der Waals surface area contributed by atoms with Gasteiger partial charge in [-0.15, -0.1) is 0 Å². The maximum atomic E-state index is 12.5. The maximum absolute atomic E-state index is 12.5. The van der Waals surface area contributed by atoms with Gasteiger partial charge < -0.3 is 21.2 Å². The lowest BCUT2D eigenvalue weighted by atomic mass is 10.1. The number of aromatic nitrogens is 4. The van der Waals surface area contributed by atoms with Crippen LogP contribution in [0, 0.1) is 10.1 Å². The number of nitrogens with zero attached hydrogens (tertiary/aromatic N) is 5. The molecule has 0 bridgehead atoms. The number of hydrogen-bond acceptors (Lipinski definition) is 6. The Morgan fingerprint density at radius 2 is 1.90 bits per heavy atom. The van der Waals surface area contributed by atoms with Crippen molar-refractivity contribution in [3.63, 3.8) is 0 Å². The summed E-state index contributed by atoms with van der Waals surface area (Å²) in [5.74, 6) is -1.59. The Morgan fingerprint density at radius 3 is 2.45 bits per heavy atom. The summed E-state index contributed by atoms with van der Waals surface area (Å²) in [6.07, 6.45) is 2.89. The monoisotopic (exact) mass is 417 g/mol. The molecule has 2 heterocycles. The summed E-state index contributed by atoms with van der Waals surface area (Å²) in [7, 11) is 0. The van der Waals surface area contributed by atoms with E-state index in [0.717, 1.165) is 5.56 Å². The van der Waals surface area contributed by atoms with E-state index in [1.807, 2.05) is 6.92 Å². The number of carbonyl (C=O) groups is 2. The predicted molar refractivity (Wildman–Crippen MR) is 104 cm³/mol. The van der Waals surface area contributed by atoms with Gasteiger partial charge in [-0.1, -0.05) is 23.7 Å². The van der Waals surface area contributed by atoms with Crippen molar-refractivity contribution in [2.24, 2.45) is 5.73 Å². The van der Waals surface area contributed by atoms with E-state index in [1.165, 1.54) is 21.8 Å². The Labute approximate surface area is 169 Å². The van der Waals surface area contributed by atoms with Crippen LogP contribution in [0.5, 0.6) is 0 Å². The average Bonchev–Trinajstić information content (AvgIpc) is 3.25. The topological polar surface area (TPSA) is 151 Å². The fraction of sp³-hybridized carbons (Fsp3) is 0.176. The van der Waals surface area contributed by atoms with Crippen LogP contribution in [-0.2, 0) is 13.1 Å². The van der Waals surface area contributed by atoms with E-state index < -0.39 is 22.6 Å². The number of amides is 2. The lowest BCUT2D eigenvalue weighted by molar-refractivity contribution is -0.389. The summed E-state index contributed by atoms with van der Waals surface area (Å²) in [5, 5.41) is 21.2. The van der Waals surface area contributed by atoms with Crippen molar-refractivity contribution in [2.45, 2.75) is 20.0 Å². The lowest BCUT2D eigenvalue weighted by Crippen LogP contribution is -2.18. The number of benzene rings is 1. The van der Waals surface area contributed by atoms with Crippen molar-refractivity contribution >= 4 is 34.9 Å². The first kappa shape index (κ1) is 20.0. The first-order valence-electron chi connectivity index (χ1n) is 8.43. The summed E-state index contributed by atoms with van der Waals surface area (Å²) in [6.45, 7) is 2.59. The smallest absolute Gasteiger partial charge is 0.364 e. The summed E-state index contributed by atoms with van der Waals surface area (Å²) in [5.41, 5.74) is 6.61. The van der Waals surface area contributed by atoms with Crippen LogP contribution in [0.1, 0.15) is 33.3 Å². The van der Waals surface area contributed by atoms with Crippen LogP contribution >= 0.6 is 11.6 Å². The molecule has 12 heteroatoms. The molecule has 1 aromatic carbocycles. The van der Waals surface area contributed by atoms with Crippen molar-refractivity contribution < 1.29 is 14.5 Å². The van der Waals surface area contributed by atoms with Crippen LogP contribution < -0.4 is 11.1 Å². The van der Waals surface area contributed by atoms with Crippen LogP contribution in [0.3, 0.4) is 0 Å². The predicted octanol–water partition coefficient (Wildman–Crippen LogP) is 2.06. The minimum Gasteiger partial charge on any atom is -0.364 e. The van der Waals surface area contributed by atoms with E-state index in [4.69, 9.17) is 17.3 Å². The molecule has 2 aromatic heterocycles. The van der Waals surface area contributed by atoms with E-state index in [-0.39, 0.29) is 22.9 Å². The second-order valence-electron chi connectivity index (χ2n) is 6.02. The number of halogens is 1. The highest BCUT2D eigenvalue weighted by molar-refractivity contribution is 6.32. The number of nitro groups is 1. The lowest BCUT2D eigenvalue weighted by Gasteiger charge is -2.05. The zero-order valence-electron chi connectivity index (χ0n) is 15.2. The summed E-state index contributed by atoms with van der Waals surface area (Å²) in [4.78, 5) is 34.1. The minimum atomic E-state index is -0.741. The van der Waals surface area contributed by atoms with Gasteiger partial charge in [0.1, 0.15) is 0 Å². The Kier molecular flexibility index (Phi) is 5.59. The highest BCUT2D eigenvalue weighted by Gasteiger charge is 2.19. The van der Waals surface area contributed by atoms with Crippen molar-refractivity contribution in [3.8, 4) is 0 Å². The quantitative estimate of drug-likeness (QED) is 0.443. The van der Waals surface area contributed by atoms with Gasteiger partial charge in [0.2, 0.25) is 0 Å². The number of carbonyl (C=O) groups excluding carboxylic acids is 2. The molecule has 29 heavy (non-hydrogen) atoms. The Hall–Kier alpha value is -3.73. The van der Waals surface area contributed by atoms with Crippen LogP contribution in [0.4, 0.5) is 11.5 Å². The molecule has 11 nitrogen and oxygen atoms in total. The van der Waals surface area contributed by atoms with Gasteiger partial charge in [-0.05, 0) is 29.5 Å². The molecule has 3 rings (SSSR count). The fourth-order valence-electron chi connectivity index (χ4n) is 2.59. The third kappa shape index (κ3) is 4.41. The minimum absolute atomic E-state index is 0.0195. The molecule has 3 N–H and O–H groups in total. The van der Waals surface area contributed by atoms with Crippen molar-refractivity contribution in [1.29, 1.82) is 0 Å². The number of hydrogen-bond donors (Lipinski definition) is 2. The fourth-order valence-corrected chi connectivity index (χ4v) is 2.81. The standard InChI is InChI=1S/C17H16ClN7O4/c1-2-23-9-13(14(21-23)15(19)26)20-17(27)11-5-3-10(4-6-11)7-24-8-12(18)16(22-24)25(28)29/h3-6,8-9H,2,7H2,1H3,(H2,19,26)(H,20,27). The van der Waals surface area contributed by atoms with E-state index in [2.05, 4.69) is 15.5 Å². The van der Waals surface area contributed by atoms with E-state index in [0.29, 0.717) is 12.1 Å². The molecule has 0 atom stereocenters. The summed E-state index contributed by atoms with van der Waals surface area (Å²) in [6, 6.07) is 6.53. The van der Waals surface area contributed by atoms with E-state index >= 15 is 0 Å². The van der Waals surface area contributed by atoms with Crippen LogP contribution in [0.15, 0.2) is 36.7 Å². The molecular formula is C17H16ClN7O4. The van der Waals surface area contributed by atoms with Gasteiger partial charge in [0, 0.05) is 18.3 Å². The largest absolute Gasteiger partial charge is 0.408 e. The Bertz CT molecular complexity index is 1090. The second kappa shape index (κ2) is 8.10. The van der Waals surface area contributed by atoms with E-state index in [1.54, 1.807) is 24.3 Å². The molecule has 0 aliphatic carbocycles. The number of aryl methyl sites for hydroxylation is 1. The SMILES string of the molecule is CCn1cc(NC(=O)c2ccc(Cn3cc(Cl)c([N+](=O)[O-])n3)cc2)c(C(N)=O)n1. The van der Waals surface area contributed by atoms with Gasteiger partial charge in [-0.3, -0.25) is 14.3 Å². The van der Waals surface area contributed by atoms with Crippen molar-refractivity contribution in [2.75, 3.05) is 5.32 Å². The van der Waals surface area contributed by atoms with Gasteiger partial charge in [0.05, 0.1) is 23.5 Å². The zero-order chi connectivity index (χ0) is 21.1. The highest BCUT2D eigenvalue weighted by Crippen LogP contribution is 2.22. The maximum Gasteiger partial charge on any atom is 0.408 e. The summed E-state index contributed by atoms with van der Waals surface area (Å²) >= 11 is 5.78. The normalized spacial score (nSPS) is 10.7. The number of anilines is 1. The molecule has 0 unspecified atom stereocenters. The molecule has 0 fully saturated rings. The number of nitrogens with two attached hydrogens (primary N) is 1. The van der Waals surface area contributed by atoms with Crippen LogP contribution in [-0.4, -0.2) is 36.3 Å². The van der Waals surface area contributed by atoms with Crippen LogP contribution in [0.2, 0.25) is 5.02 Å². The molecule has 150 valence electrons. The van der Waals surface area contributed by atoms with Gasteiger partial charge >= 0.3 is 5.82 Å². The number of primary amides is 1. The molecular weight excluding hydrogens is 402 g/mol. The Morgan fingerprint density at radius 1 is 1.21 bits per heavy atom. The molecule has 0 aliphatic heterocycles. The number of nitrogens with one attached hydrogen (secondary N) is 1. The van der Waals surface area contributed by atoms with Crippen molar-refractivity contribution in [3.05, 3.63) is 68.6 Å². The molecule has 0 saturated carbocycles. The van der Waals surface area contributed by atoms with Gasteiger partial charge in [-0.25, -0.2) is 0 Å². The molecule has 0 radical (unpaired) electrons. The first-order valence-corrected chi connectivity index (χ1v) is 8.81. The average molecular weight is 418 g/mol.